The molecule has 0 radical (unpaired) electrons. The van der Waals surface area contributed by atoms with Crippen molar-refractivity contribution in [2.75, 3.05) is 11.9 Å². The molecule has 1 aromatic heterocycles. The van der Waals surface area contributed by atoms with Crippen molar-refractivity contribution in [3.63, 3.8) is 0 Å². The number of hydrogen-bond acceptors (Lipinski definition) is 1. The molecular formula is C12H12F3N3S. The molecule has 0 aliphatic rings. The summed E-state index contributed by atoms with van der Waals surface area (Å²) in [4.78, 5) is 2.34. The van der Waals surface area contributed by atoms with Gasteiger partial charge in [-0.3, -0.25) is 0 Å². The van der Waals surface area contributed by atoms with Gasteiger partial charge < -0.3 is 15.6 Å². The summed E-state index contributed by atoms with van der Waals surface area (Å²) < 4.78 is 37.7. The number of benzene rings is 1. The highest BCUT2D eigenvalue weighted by Gasteiger charge is 2.32. The summed E-state index contributed by atoms with van der Waals surface area (Å²) in [5, 5.41) is 6.73. The topological polar surface area (TPSA) is 39.8 Å². The molecule has 3 nitrogen and oxygen atoms in total. The van der Waals surface area contributed by atoms with E-state index in [4.69, 9.17) is 12.2 Å². The number of H-pyrrole nitrogens is 1. The maximum atomic E-state index is 12.6. The average Bonchev–Trinajstić information content (AvgIpc) is 2.71. The highest BCUT2D eigenvalue weighted by Crippen LogP contribution is 2.31. The van der Waals surface area contributed by atoms with Gasteiger partial charge in [-0.25, -0.2) is 0 Å². The van der Waals surface area contributed by atoms with Gasteiger partial charge in [0.1, 0.15) is 5.69 Å². The summed E-state index contributed by atoms with van der Waals surface area (Å²) in [5.74, 6) is 0. The number of halogens is 3. The van der Waals surface area contributed by atoms with Gasteiger partial charge >= 0.3 is 6.18 Å². The smallest absolute Gasteiger partial charge is 0.363 e. The Morgan fingerprint density at radius 1 is 1.32 bits per heavy atom. The normalized spacial score (nSPS) is 11.6. The molecule has 1 aromatic carbocycles. The molecule has 0 saturated carbocycles. The minimum Gasteiger partial charge on any atom is -0.363 e. The number of anilines is 1. The van der Waals surface area contributed by atoms with Gasteiger partial charge in [0.05, 0.1) is 0 Å². The molecular weight excluding hydrogens is 275 g/mol. The van der Waals surface area contributed by atoms with Crippen LogP contribution in [0.5, 0.6) is 0 Å². The van der Waals surface area contributed by atoms with E-state index in [1.165, 1.54) is 0 Å². The monoisotopic (exact) mass is 287 g/mol. The Morgan fingerprint density at radius 3 is 2.68 bits per heavy atom. The van der Waals surface area contributed by atoms with Crippen LogP contribution < -0.4 is 10.6 Å². The van der Waals surface area contributed by atoms with Gasteiger partial charge in [0.25, 0.3) is 0 Å². The predicted molar refractivity (Wildman–Crippen MR) is 73.2 cm³/mol. The third kappa shape index (κ3) is 3.17. The summed E-state index contributed by atoms with van der Waals surface area (Å²) >= 11 is 5.01. The molecule has 0 saturated heterocycles. The Morgan fingerprint density at radius 2 is 2.05 bits per heavy atom. The summed E-state index contributed by atoms with van der Waals surface area (Å²) in [5.41, 5.74) is 0.326. The Balaban J connectivity index is 2.28. The van der Waals surface area contributed by atoms with Crippen molar-refractivity contribution in [2.24, 2.45) is 0 Å². The van der Waals surface area contributed by atoms with Crippen LogP contribution in [0, 0.1) is 0 Å². The third-order valence-corrected chi connectivity index (χ3v) is 2.77. The highest BCUT2D eigenvalue weighted by molar-refractivity contribution is 7.80. The number of thiocarbonyl (C=S) groups is 1. The second-order valence-electron chi connectivity index (χ2n) is 3.97. The Hall–Kier alpha value is -1.76. The van der Waals surface area contributed by atoms with Crippen molar-refractivity contribution < 1.29 is 13.2 Å². The molecule has 0 atom stereocenters. The molecule has 2 aromatic rings. The molecule has 0 fully saturated rings. The minimum atomic E-state index is -4.37. The molecule has 7 heteroatoms. The second-order valence-corrected chi connectivity index (χ2v) is 4.38. The molecule has 3 N–H and O–H groups in total. The van der Waals surface area contributed by atoms with E-state index in [-0.39, 0.29) is 0 Å². The molecule has 0 spiro atoms. The molecule has 0 aliphatic carbocycles. The van der Waals surface area contributed by atoms with Crippen molar-refractivity contribution in [1.82, 2.24) is 10.3 Å². The SMILES string of the molecule is CCNC(=S)Nc1ccc2[nH]c(C(F)(F)F)cc2c1. The summed E-state index contributed by atoms with van der Waals surface area (Å²) in [6.07, 6.45) is -4.37. The fourth-order valence-electron chi connectivity index (χ4n) is 1.70. The van der Waals surface area contributed by atoms with Crippen molar-refractivity contribution in [3.8, 4) is 0 Å². The molecule has 2 rings (SSSR count). The van der Waals surface area contributed by atoms with Crippen LogP contribution in [-0.4, -0.2) is 16.6 Å². The summed E-state index contributed by atoms with van der Waals surface area (Å²) in [7, 11) is 0. The second kappa shape index (κ2) is 5.08. The van der Waals surface area contributed by atoms with Gasteiger partial charge in [-0.05, 0) is 43.4 Å². The van der Waals surface area contributed by atoms with Gasteiger partial charge in [-0.15, -0.1) is 0 Å². The molecule has 0 amide bonds. The largest absolute Gasteiger partial charge is 0.431 e. The van der Waals surface area contributed by atoms with Crippen LogP contribution in [0.2, 0.25) is 0 Å². The quantitative estimate of drug-likeness (QED) is 0.740. The van der Waals surface area contributed by atoms with Crippen molar-refractivity contribution in [3.05, 3.63) is 30.0 Å². The van der Waals surface area contributed by atoms with E-state index >= 15 is 0 Å². The van der Waals surface area contributed by atoms with Crippen LogP contribution in [0.1, 0.15) is 12.6 Å². The maximum absolute atomic E-state index is 12.6. The average molecular weight is 287 g/mol. The van der Waals surface area contributed by atoms with Gasteiger partial charge in [0.2, 0.25) is 0 Å². The van der Waals surface area contributed by atoms with Crippen molar-refractivity contribution in [1.29, 1.82) is 0 Å². The van der Waals surface area contributed by atoms with E-state index in [0.717, 1.165) is 6.07 Å². The first-order chi connectivity index (χ1) is 8.90. The minimum absolute atomic E-state index is 0.437. The fourth-order valence-corrected chi connectivity index (χ4v) is 1.96. The lowest BCUT2D eigenvalue weighted by atomic mass is 10.2. The standard InChI is InChI=1S/C12H12F3N3S/c1-2-16-11(19)17-8-3-4-9-7(5-8)6-10(18-9)12(13,14)15/h3-6,18H,2H2,1H3,(H2,16,17,19). The predicted octanol–water partition coefficient (Wildman–Crippen LogP) is 3.49. The summed E-state index contributed by atoms with van der Waals surface area (Å²) in [6.45, 7) is 2.58. The molecule has 1 heterocycles. The van der Waals surface area contributed by atoms with E-state index in [1.54, 1.807) is 18.2 Å². The first-order valence-corrected chi connectivity index (χ1v) is 6.06. The number of hydrogen-bond donors (Lipinski definition) is 3. The van der Waals surface area contributed by atoms with Crippen LogP contribution in [-0.2, 0) is 6.18 Å². The Kier molecular flexibility index (Phi) is 3.66. The number of fused-ring (bicyclic) bond motifs is 1. The zero-order valence-electron chi connectivity index (χ0n) is 10.1. The van der Waals surface area contributed by atoms with Crippen LogP contribution in [0.4, 0.5) is 18.9 Å². The van der Waals surface area contributed by atoms with Crippen molar-refractivity contribution >= 4 is 33.9 Å². The lowest BCUT2D eigenvalue weighted by Crippen LogP contribution is -2.27. The van der Waals surface area contributed by atoms with Crippen LogP contribution >= 0.6 is 12.2 Å². The van der Waals surface area contributed by atoms with Gasteiger partial charge in [-0.1, -0.05) is 0 Å². The number of nitrogens with one attached hydrogen (secondary N) is 3. The first-order valence-electron chi connectivity index (χ1n) is 5.65. The number of alkyl halides is 3. The zero-order chi connectivity index (χ0) is 14.0. The maximum Gasteiger partial charge on any atom is 0.431 e. The first kappa shape index (κ1) is 13.7. The van der Waals surface area contributed by atoms with Crippen LogP contribution in [0.15, 0.2) is 24.3 Å². The zero-order valence-corrected chi connectivity index (χ0v) is 10.9. The van der Waals surface area contributed by atoms with E-state index in [1.807, 2.05) is 6.92 Å². The van der Waals surface area contributed by atoms with E-state index in [0.29, 0.717) is 28.2 Å². The molecule has 102 valence electrons. The van der Waals surface area contributed by atoms with Crippen LogP contribution in [0.25, 0.3) is 10.9 Å². The van der Waals surface area contributed by atoms with E-state index in [2.05, 4.69) is 15.6 Å². The highest BCUT2D eigenvalue weighted by atomic mass is 32.1. The number of aromatic amines is 1. The molecule has 0 unspecified atom stereocenters. The van der Waals surface area contributed by atoms with Crippen LogP contribution in [0.3, 0.4) is 0 Å². The summed E-state index contributed by atoms with van der Waals surface area (Å²) in [6, 6.07) is 5.95. The third-order valence-electron chi connectivity index (χ3n) is 2.52. The molecule has 0 bridgehead atoms. The molecule has 19 heavy (non-hydrogen) atoms. The van der Waals surface area contributed by atoms with Gasteiger partial charge in [0, 0.05) is 23.1 Å². The molecule has 0 aliphatic heterocycles. The lowest BCUT2D eigenvalue weighted by Gasteiger charge is -2.08. The Bertz CT molecular complexity index is 604. The van der Waals surface area contributed by atoms with E-state index in [9.17, 15) is 13.2 Å². The van der Waals surface area contributed by atoms with Gasteiger partial charge in [0.15, 0.2) is 5.11 Å². The number of aromatic nitrogens is 1. The van der Waals surface area contributed by atoms with Gasteiger partial charge in [-0.2, -0.15) is 13.2 Å². The fraction of sp³-hybridized carbons (Fsp3) is 0.250. The van der Waals surface area contributed by atoms with E-state index < -0.39 is 11.9 Å². The van der Waals surface area contributed by atoms with Crippen molar-refractivity contribution in [2.45, 2.75) is 13.1 Å². The lowest BCUT2D eigenvalue weighted by molar-refractivity contribution is -0.140. The number of rotatable bonds is 2. The Labute approximate surface area is 113 Å².